The minimum Gasteiger partial charge on any atom is -0.487 e. The summed E-state index contributed by atoms with van der Waals surface area (Å²) in [5.41, 5.74) is 2.67. The van der Waals surface area contributed by atoms with Gasteiger partial charge in [-0.2, -0.15) is 0 Å². The molecule has 2 N–H and O–H groups in total. The number of urea groups is 1. The molecule has 0 aliphatic carbocycles. The monoisotopic (exact) mass is 581 g/mol. The molecule has 0 radical (unpaired) electrons. The van der Waals surface area contributed by atoms with Crippen LogP contribution in [0.3, 0.4) is 0 Å². The molecule has 2 aromatic heterocycles. The molecule has 3 amide bonds. The Kier molecular flexibility index (Phi) is 9.03. The van der Waals surface area contributed by atoms with Crippen molar-refractivity contribution in [3.05, 3.63) is 87.7 Å². The largest absolute Gasteiger partial charge is 0.487 e. The number of aromatic nitrogens is 2. The van der Waals surface area contributed by atoms with Crippen LogP contribution in [0.25, 0.3) is 10.9 Å². The first kappa shape index (κ1) is 28.6. The third-order valence-corrected chi connectivity index (χ3v) is 6.69. The Morgan fingerprint density at radius 1 is 1.05 bits per heavy atom. The SMILES string of the molecule is COC(=O)c1ccnc(NC(=O)NCC(=O)N(C)c2ccc(Cl)c(COc3cccc4ccc(C)nc34)c2Cl)c1. The fourth-order valence-corrected chi connectivity index (χ4v) is 4.38. The molecule has 4 aromatic rings. The summed E-state index contributed by atoms with van der Waals surface area (Å²) in [5, 5.41) is 6.47. The van der Waals surface area contributed by atoms with E-state index in [9.17, 15) is 14.4 Å². The van der Waals surface area contributed by atoms with Gasteiger partial charge in [0.25, 0.3) is 0 Å². The number of methoxy groups -OCH3 is 1. The number of para-hydroxylation sites is 1. The molecular formula is C28H25Cl2N5O5. The van der Waals surface area contributed by atoms with E-state index in [4.69, 9.17) is 27.9 Å². The molecule has 2 heterocycles. The number of hydrogen-bond donors (Lipinski definition) is 2. The van der Waals surface area contributed by atoms with E-state index >= 15 is 0 Å². The number of esters is 1. The van der Waals surface area contributed by atoms with Gasteiger partial charge in [-0.05, 0) is 43.3 Å². The number of anilines is 2. The standard InChI is InChI=1S/C28H25Cl2N5O5/c1-16-7-8-17-5-4-6-22(26(17)33-16)40-15-19-20(29)9-10-21(25(19)30)35(2)24(36)14-32-28(38)34-23-13-18(11-12-31-23)27(37)39-3/h4-13H,14-15H2,1-3H3,(H2,31,32,34,38). The van der Waals surface area contributed by atoms with Gasteiger partial charge in [-0.25, -0.2) is 19.6 Å². The van der Waals surface area contributed by atoms with Crippen molar-refractivity contribution in [2.75, 3.05) is 30.9 Å². The zero-order chi connectivity index (χ0) is 28.8. The highest BCUT2D eigenvalue weighted by atomic mass is 35.5. The molecule has 40 heavy (non-hydrogen) atoms. The highest BCUT2D eigenvalue weighted by Gasteiger charge is 2.20. The van der Waals surface area contributed by atoms with Crippen molar-refractivity contribution in [1.82, 2.24) is 15.3 Å². The van der Waals surface area contributed by atoms with E-state index in [1.165, 1.54) is 37.4 Å². The van der Waals surface area contributed by atoms with E-state index < -0.39 is 17.9 Å². The molecule has 4 rings (SSSR count). The average molecular weight is 582 g/mol. The van der Waals surface area contributed by atoms with Crippen molar-refractivity contribution >= 4 is 63.5 Å². The minimum atomic E-state index is -0.688. The fraction of sp³-hybridized carbons (Fsp3) is 0.179. The lowest BCUT2D eigenvalue weighted by atomic mass is 10.1. The number of aryl methyl sites for hydroxylation is 1. The second kappa shape index (κ2) is 12.6. The predicted molar refractivity (Wildman–Crippen MR) is 153 cm³/mol. The summed E-state index contributed by atoms with van der Waals surface area (Å²) < 4.78 is 10.7. The number of rotatable bonds is 8. The van der Waals surface area contributed by atoms with Gasteiger partial charge >= 0.3 is 12.0 Å². The zero-order valence-corrected chi connectivity index (χ0v) is 23.3. The summed E-state index contributed by atoms with van der Waals surface area (Å²) in [5.74, 6) is -0.333. The second-order valence-electron chi connectivity index (χ2n) is 8.61. The van der Waals surface area contributed by atoms with Crippen LogP contribution in [-0.4, -0.2) is 48.6 Å². The molecule has 2 aromatic carbocycles. The van der Waals surface area contributed by atoms with Crippen LogP contribution in [-0.2, 0) is 16.1 Å². The first-order valence-corrected chi connectivity index (χ1v) is 12.8. The van der Waals surface area contributed by atoms with Crippen LogP contribution in [0, 0.1) is 6.92 Å². The predicted octanol–water partition coefficient (Wildman–Crippen LogP) is 5.40. The second-order valence-corrected chi connectivity index (χ2v) is 9.40. The van der Waals surface area contributed by atoms with Crippen LogP contribution in [0.4, 0.5) is 16.3 Å². The van der Waals surface area contributed by atoms with Gasteiger partial charge in [0.1, 0.15) is 23.7 Å². The van der Waals surface area contributed by atoms with Crippen LogP contribution in [0.5, 0.6) is 5.75 Å². The third-order valence-electron chi connectivity index (χ3n) is 5.92. The summed E-state index contributed by atoms with van der Waals surface area (Å²) in [6.45, 7) is 1.60. The molecule has 0 atom stereocenters. The van der Waals surface area contributed by atoms with E-state index in [2.05, 4.69) is 25.3 Å². The van der Waals surface area contributed by atoms with E-state index in [1.54, 1.807) is 12.1 Å². The quantitative estimate of drug-likeness (QED) is 0.267. The molecule has 0 aliphatic rings. The Balaban J connectivity index is 1.41. The molecule has 0 unspecified atom stereocenters. The molecule has 0 saturated carbocycles. The van der Waals surface area contributed by atoms with Crippen molar-refractivity contribution in [1.29, 1.82) is 0 Å². The highest BCUT2D eigenvalue weighted by Crippen LogP contribution is 2.35. The number of pyridine rings is 2. The van der Waals surface area contributed by atoms with Crippen LogP contribution in [0.1, 0.15) is 21.6 Å². The first-order chi connectivity index (χ1) is 19.2. The van der Waals surface area contributed by atoms with Crippen molar-refractivity contribution in [2.24, 2.45) is 0 Å². The van der Waals surface area contributed by atoms with Gasteiger partial charge in [0, 0.05) is 34.9 Å². The van der Waals surface area contributed by atoms with Gasteiger partial charge in [0.2, 0.25) is 5.91 Å². The van der Waals surface area contributed by atoms with Crippen molar-refractivity contribution in [3.8, 4) is 5.75 Å². The maximum atomic E-state index is 12.9. The van der Waals surface area contributed by atoms with Gasteiger partial charge in [0.05, 0.1) is 29.9 Å². The van der Waals surface area contributed by atoms with Crippen molar-refractivity contribution in [3.63, 3.8) is 0 Å². The smallest absolute Gasteiger partial charge is 0.338 e. The zero-order valence-electron chi connectivity index (χ0n) is 21.8. The highest BCUT2D eigenvalue weighted by molar-refractivity contribution is 6.38. The summed E-state index contributed by atoms with van der Waals surface area (Å²) in [6, 6.07) is 14.9. The number of ether oxygens (including phenoxy) is 2. The number of nitrogens with zero attached hydrogens (tertiary/aromatic N) is 3. The number of nitrogens with one attached hydrogen (secondary N) is 2. The molecule has 0 aliphatic heterocycles. The lowest BCUT2D eigenvalue weighted by Gasteiger charge is -2.21. The minimum absolute atomic E-state index is 0.0422. The summed E-state index contributed by atoms with van der Waals surface area (Å²) in [7, 11) is 2.78. The van der Waals surface area contributed by atoms with Crippen molar-refractivity contribution in [2.45, 2.75) is 13.5 Å². The number of amides is 3. The molecular weight excluding hydrogens is 557 g/mol. The van der Waals surface area contributed by atoms with E-state index in [-0.39, 0.29) is 29.6 Å². The summed E-state index contributed by atoms with van der Waals surface area (Å²) >= 11 is 13.1. The number of carbonyl (C=O) groups excluding carboxylic acids is 3. The molecule has 0 fully saturated rings. The Morgan fingerprint density at radius 2 is 1.85 bits per heavy atom. The molecule has 10 nitrogen and oxygen atoms in total. The Hall–Kier alpha value is -4.41. The molecule has 12 heteroatoms. The summed E-state index contributed by atoms with van der Waals surface area (Å²) in [6.07, 6.45) is 1.35. The number of benzene rings is 2. The van der Waals surface area contributed by atoms with Gasteiger partial charge in [-0.15, -0.1) is 0 Å². The third kappa shape index (κ3) is 6.59. The number of fused-ring (bicyclic) bond motifs is 1. The van der Waals surface area contributed by atoms with Crippen LogP contribution >= 0.6 is 23.2 Å². The molecule has 206 valence electrons. The van der Waals surface area contributed by atoms with E-state index in [0.29, 0.717) is 22.0 Å². The Bertz CT molecular complexity index is 1600. The number of carbonyl (C=O) groups is 3. The lowest BCUT2D eigenvalue weighted by molar-refractivity contribution is -0.117. The average Bonchev–Trinajstić information content (AvgIpc) is 2.95. The first-order valence-electron chi connectivity index (χ1n) is 12.0. The topological polar surface area (TPSA) is 123 Å². The van der Waals surface area contributed by atoms with E-state index in [0.717, 1.165) is 16.6 Å². The van der Waals surface area contributed by atoms with Gasteiger partial charge in [-0.1, -0.05) is 41.4 Å². The van der Waals surface area contributed by atoms with Gasteiger partial charge < -0.3 is 19.7 Å². The number of hydrogen-bond acceptors (Lipinski definition) is 7. The van der Waals surface area contributed by atoms with Crippen LogP contribution in [0.15, 0.2) is 60.8 Å². The molecule has 0 bridgehead atoms. The normalized spacial score (nSPS) is 10.6. The Labute approximate surface area is 240 Å². The molecule has 0 spiro atoms. The lowest BCUT2D eigenvalue weighted by Crippen LogP contribution is -2.40. The molecule has 0 saturated heterocycles. The van der Waals surface area contributed by atoms with Crippen LogP contribution < -0.4 is 20.3 Å². The fourth-order valence-electron chi connectivity index (χ4n) is 3.77. The van der Waals surface area contributed by atoms with Crippen molar-refractivity contribution < 1.29 is 23.9 Å². The number of likely N-dealkylation sites (N-methyl/N-ethyl adjacent to an activating group) is 1. The van der Waals surface area contributed by atoms with E-state index in [1.807, 2.05) is 37.3 Å². The Morgan fingerprint density at radius 3 is 2.62 bits per heavy atom. The van der Waals surface area contributed by atoms with Gasteiger partial charge in [0.15, 0.2) is 0 Å². The maximum Gasteiger partial charge on any atom is 0.338 e. The number of halogens is 2. The summed E-state index contributed by atoms with van der Waals surface area (Å²) in [4.78, 5) is 46.7. The van der Waals surface area contributed by atoms with Gasteiger partial charge in [-0.3, -0.25) is 10.1 Å². The maximum absolute atomic E-state index is 12.9. The van der Waals surface area contributed by atoms with Crippen LogP contribution in [0.2, 0.25) is 10.0 Å².